The maximum absolute atomic E-state index is 13.1. The van der Waals surface area contributed by atoms with Gasteiger partial charge < -0.3 is 14.0 Å². The van der Waals surface area contributed by atoms with Gasteiger partial charge in [-0.05, 0) is 24.2 Å². The molecule has 0 amide bonds. The minimum atomic E-state index is -4.53. The minimum Gasteiger partial charge on any atom is -0.496 e. The van der Waals surface area contributed by atoms with Crippen LogP contribution >= 0.6 is 15.9 Å². The van der Waals surface area contributed by atoms with Crippen molar-refractivity contribution in [1.29, 1.82) is 0 Å². The molecule has 9 heteroatoms. The van der Waals surface area contributed by atoms with Crippen molar-refractivity contribution < 1.29 is 22.6 Å². The van der Waals surface area contributed by atoms with Crippen LogP contribution in [0.25, 0.3) is 11.4 Å². The van der Waals surface area contributed by atoms with Gasteiger partial charge in [0.15, 0.2) is 5.69 Å². The smallest absolute Gasteiger partial charge is 0.434 e. The van der Waals surface area contributed by atoms with Gasteiger partial charge >= 0.3 is 6.18 Å². The molecule has 0 saturated carbocycles. The van der Waals surface area contributed by atoms with E-state index in [0.717, 1.165) is 16.7 Å². The summed E-state index contributed by atoms with van der Waals surface area (Å²) in [6, 6.07) is 6.03. The molecule has 0 unspecified atom stereocenters. The van der Waals surface area contributed by atoms with Gasteiger partial charge in [-0.3, -0.25) is 0 Å². The van der Waals surface area contributed by atoms with E-state index in [1.54, 1.807) is 18.2 Å². The lowest BCUT2D eigenvalue weighted by molar-refractivity contribution is -0.141. The van der Waals surface area contributed by atoms with Crippen molar-refractivity contribution in [2.24, 2.45) is 0 Å². The fourth-order valence-electron chi connectivity index (χ4n) is 2.26. The fraction of sp³-hybridized carbons (Fsp3) is 0.471. The third-order valence-electron chi connectivity index (χ3n) is 3.70. The van der Waals surface area contributed by atoms with Crippen LogP contribution in [0.3, 0.4) is 0 Å². The number of aromatic nitrogens is 2. The van der Waals surface area contributed by atoms with Crippen molar-refractivity contribution in [3.05, 3.63) is 34.6 Å². The number of methoxy groups -OCH3 is 1. The van der Waals surface area contributed by atoms with Crippen LogP contribution in [-0.4, -0.2) is 31.3 Å². The van der Waals surface area contributed by atoms with E-state index in [-0.39, 0.29) is 12.6 Å². The summed E-state index contributed by atoms with van der Waals surface area (Å²) in [6.45, 7) is 7.16. The predicted octanol–water partition coefficient (Wildman–Crippen LogP) is 5.65. The molecule has 0 N–H and O–H groups in total. The molecule has 26 heavy (non-hydrogen) atoms. The normalized spacial score (nSPS) is 12.5. The summed E-state index contributed by atoms with van der Waals surface area (Å²) in [5.74, 6) is 0.594. The minimum absolute atomic E-state index is 0.00209. The summed E-state index contributed by atoms with van der Waals surface area (Å²) < 4.78 is 52.5. The quantitative estimate of drug-likeness (QED) is 0.403. The van der Waals surface area contributed by atoms with Gasteiger partial charge in [-0.1, -0.05) is 35.6 Å². The molecule has 2 aromatic rings. The first kappa shape index (κ1) is 21.0. The van der Waals surface area contributed by atoms with Gasteiger partial charge in [0.2, 0.25) is 0 Å². The Hall–Kier alpha value is -1.32. The average molecular weight is 451 g/mol. The maximum Gasteiger partial charge on any atom is 0.434 e. The number of alkyl halides is 3. The predicted molar refractivity (Wildman–Crippen MR) is 101 cm³/mol. The molecule has 1 aromatic heterocycles. The van der Waals surface area contributed by atoms with Gasteiger partial charge in [-0.25, -0.2) is 4.98 Å². The molecule has 0 aliphatic rings. The fourth-order valence-corrected chi connectivity index (χ4v) is 3.35. The monoisotopic (exact) mass is 450 g/mol. The number of ether oxygens (including phenoxy) is 2. The van der Waals surface area contributed by atoms with E-state index in [0.29, 0.717) is 17.9 Å². The Kier molecular flexibility index (Phi) is 6.57. The second-order valence-electron chi connectivity index (χ2n) is 7.11. The van der Waals surface area contributed by atoms with E-state index in [1.165, 1.54) is 11.7 Å². The van der Waals surface area contributed by atoms with Crippen LogP contribution in [0.5, 0.6) is 5.75 Å². The number of halogens is 4. The van der Waals surface area contributed by atoms with E-state index in [1.807, 2.05) is 0 Å². The molecule has 144 valence electrons. The molecule has 2 rings (SSSR count). The van der Waals surface area contributed by atoms with E-state index in [9.17, 15) is 13.2 Å². The van der Waals surface area contributed by atoms with E-state index < -0.39 is 19.9 Å². The van der Waals surface area contributed by atoms with Crippen molar-refractivity contribution in [3.8, 4) is 17.1 Å². The number of hydrogen-bond donors (Lipinski definition) is 0. The molecule has 0 spiro atoms. The van der Waals surface area contributed by atoms with Gasteiger partial charge in [0.1, 0.15) is 18.3 Å². The zero-order valence-corrected chi connectivity index (χ0v) is 17.7. The number of hydrogen-bond acceptors (Lipinski definition) is 3. The number of rotatable bonds is 7. The summed E-state index contributed by atoms with van der Waals surface area (Å²) in [6.07, 6.45) is -3.55. The van der Waals surface area contributed by atoms with Crippen molar-refractivity contribution in [3.63, 3.8) is 0 Å². The molecule has 1 aromatic carbocycles. The molecule has 0 saturated heterocycles. The van der Waals surface area contributed by atoms with Crippen LogP contribution < -0.4 is 4.74 Å². The molecular formula is C17H22BrF3N2O2Si. The summed E-state index contributed by atoms with van der Waals surface area (Å²) in [5, 5.41) is 0. The Morgan fingerprint density at radius 3 is 2.50 bits per heavy atom. The van der Waals surface area contributed by atoms with Gasteiger partial charge in [-0.15, -0.1) is 0 Å². The molecule has 0 fully saturated rings. The Morgan fingerprint density at radius 1 is 1.23 bits per heavy atom. The highest BCUT2D eigenvalue weighted by Gasteiger charge is 2.35. The largest absolute Gasteiger partial charge is 0.496 e. The van der Waals surface area contributed by atoms with Crippen LogP contribution in [0.4, 0.5) is 13.2 Å². The zero-order chi connectivity index (χ0) is 19.5. The summed E-state index contributed by atoms with van der Waals surface area (Å²) in [5.41, 5.74) is -0.480. The van der Waals surface area contributed by atoms with Gasteiger partial charge in [0, 0.05) is 25.4 Å². The first-order valence-corrected chi connectivity index (χ1v) is 12.6. The van der Waals surface area contributed by atoms with E-state index in [4.69, 9.17) is 9.47 Å². The lowest BCUT2D eigenvalue weighted by Gasteiger charge is -2.16. The van der Waals surface area contributed by atoms with Crippen molar-refractivity contribution in [2.45, 2.75) is 38.6 Å². The Bertz CT molecular complexity index is 757. The molecule has 4 nitrogen and oxygen atoms in total. The lowest BCUT2D eigenvalue weighted by atomic mass is 10.2. The summed E-state index contributed by atoms with van der Waals surface area (Å²) in [4.78, 5) is 3.79. The number of benzene rings is 1. The second-order valence-corrected chi connectivity index (χ2v) is 13.6. The van der Waals surface area contributed by atoms with Gasteiger partial charge in [-0.2, -0.15) is 13.2 Å². The second kappa shape index (κ2) is 8.14. The highest BCUT2D eigenvalue weighted by molar-refractivity contribution is 9.10. The summed E-state index contributed by atoms with van der Waals surface area (Å²) in [7, 11) is 0.192. The highest BCUT2D eigenvalue weighted by atomic mass is 79.9. The first-order chi connectivity index (χ1) is 12.0. The number of imidazole rings is 1. The van der Waals surface area contributed by atoms with Crippen LogP contribution in [-0.2, 0) is 17.6 Å². The van der Waals surface area contributed by atoms with E-state index in [2.05, 4.69) is 40.6 Å². The molecule has 0 atom stereocenters. The average Bonchev–Trinajstić information content (AvgIpc) is 2.94. The third kappa shape index (κ3) is 5.59. The third-order valence-corrected chi connectivity index (χ3v) is 5.90. The first-order valence-electron chi connectivity index (χ1n) is 8.07. The Morgan fingerprint density at radius 2 is 1.92 bits per heavy atom. The Balaban J connectivity index is 2.34. The van der Waals surface area contributed by atoms with Crippen molar-refractivity contribution in [2.75, 3.05) is 13.7 Å². The number of nitrogens with zero attached hydrogens (tertiary/aromatic N) is 2. The van der Waals surface area contributed by atoms with Gasteiger partial charge in [0.25, 0.3) is 0 Å². The van der Waals surface area contributed by atoms with Crippen LogP contribution in [0.2, 0.25) is 25.7 Å². The molecule has 0 aliphatic carbocycles. The topological polar surface area (TPSA) is 36.3 Å². The van der Waals surface area contributed by atoms with Gasteiger partial charge in [0.05, 0.1) is 12.7 Å². The van der Waals surface area contributed by atoms with E-state index >= 15 is 0 Å². The lowest BCUT2D eigenvalue weighted by Crippen LogP contribution is -2.22. The zero-order valence-electron chi connectivity index (χ0n) is 15.2. The van der Waals surface area contributed by atoms with Crippen molar-refractivity contribution >= 4 is 24.0 Å². The standard InChI is InChI=1S/C17H22BrF3N2O2Si/c1-24-14-9-12(18)5-6-13(14)16-22-15(17(19,20)21)10-23(16)11-25-7-8-26(2,3)4/h5-6,9-10H,7-8,11H2,1-4H3. The highest BCUT2D eigenvalue weighted by Crippen LogP contribution is 2.35. The van der Waals surface area contributed by atoms with Crippen LogP contribution in [0, 0.1) is 0 Å². The molecule has 0 radical (unpaired) electrons. The molecule has 0 bridgehead atoms. The molecule has 1 heterocycles. The SMILES string of the molecule is COc1cc(Br)ccc1-c1nc(C(F)(F)F)cn1COCC[Si](C)(C)C. The molecule has 0 aliphatic heterocycles. The maximum atomic E-state index is 13.1. The summed E-state index contributed by atoms with van der Waals surface area (Å²) >= 11 is 3.33. The Labute approximate surface area is 160 Å². The van der Waals surface area contributed by atoms with Crippen LogP contribution in [0.15, 0.2) is 28.9 Å². The molecular weight excluding hydrogens is 429 g/mol. The van der Waals surface area contributed by atoms with Crippen molar-refractivity contribution in [1.82, 2.24) is 9.55 Å². The van der Waals surface area contributed by atoms with Crippen LogP contribution in [0.1, 0.15) is 5.69 Å².